The molecule has 0 bridgehead atoms. The standard InChI is InChI=1S/C21H27NO3/c1-21(2,3)25-20(24)22(4)18(15-23)19(16-11-7-5-8-12-16)17-13-9-6-10-14-17/h5-14,18-19,23H,15H2,1-4H3. The Kier molecular flexibility index (Phi) is 6.21. The molecule has 0 fully saturated rings. The number of ether oxygens (including phenoxy) is 1. The maximum absolute atomic E-state index is 12.5. The number of rotatable bonds is 5. The van der Waals surface area contributed by atoms with Crippen LogP contribution in [0.4, 0.5) is 4.79 Å². The Morgan fingerprint density at radius 2 is 1.44 bits per heavy atom. The van der Waals surface area contributed by atoms with Gasteiger partial charge in [-0.05, 0) is 31.9 Å². The molecule has 2 aromatic rings. The molecule has 0 aromatic heterocycles. The van der Waals surface area contributed by atoms with E-state index in [1.807, 2.05) is 81.4 Å². The average Bonchev–Trinajstić information content (AvgIpc) is 2.59. The lowest BCUT2D eigenvalue weighted by atomic mass is 9.84. The van der Waals surface area contributed by atoms with Crippen LogP contribution in [0.5, 0.6) is 0 Å². The summed E-state index contributed by atoms with van der Waals surface area (Å²) >= 11 is 0. The van der Waals surface area contributed by atoms with Crippen molar-refractivity contribution in [1.82, 2.24) is 4.90 Å². The van der Waals surface area contributed by atoms with E-state index in [0.29, 0.717) is 0 Å². The lowest BCUT2D eigenvalue weighted by molar-refractivity contribution is 0.0143. The first-order valence-corrected chi connectivity index (χ1v) is 8.50. The molecular formula is C21H27NO3. The zero-order valence-corrected chi connectivity index (χ0v) is 15.3. The summed E-state index contributed by atoms with van der Waals surface area (Å²) in [5.74, 6) is -0.148. The van der Waals surface area contributed by atoms with E-state index < -0.39 is 17.7 Å². The van der Waals surface area contributed by atoms with Crippen molar-refractivity contribution in [2.24, 2.45) is 0 Å². The van der Waals surface area contributed by atoms with Gasteiger partial charge in [0.05, 0.1) is 12.6 Å². The predicted molar refractivity (Wildman–Crippen MR) is 99.6 cm³/mol. The molecule has 1 unspecified atom stereocenters. The summed E-state index contributed by atoms with van der Waals surface area (Å²) < 4.78 is 5.48. The van der Waals surface area contributed by atoms with Crippen LogP contribution in [0, 0.1) is 0 Å². The molecule has 4 nitrogen and oxygen atoms in total. The minimum Gasteiger partial charge on any atom is -0.444 e. The highest BCUT2D eigenvalue weighted by atomic mass is 16.6. The van der Waals surface area contributed by atoms with Crippen LogP contribution in [0.3, 0.4) is 0 Å². The Morgan fingerprint density at radius 3 is 1.80 bits per heavy atom. The molecule has 1 amide bonds. The average molecular weight is 341 g/mol. The first-order chi connectivity index (χ1) is 11.8. The Balaban J connectivity index is 2.39. The van der Waals surface area contributed by atoms with Crippen LogP contribution in [0.25, 0.3) is 0 Å². The monoisotopic (exact) mass is 341 g/mol. The largest absolute Gasteiger partial charge is 0.444 e. The highest BCUT2D eigenvalue weighted by Gasteiger charge is 2.32. The van der Waals surface area contributed by atoms with Gasteiger partial charge in [0.2, 0.25) is 0 Å². The number of nitrogens with zero attached hydrogens (tertiary/aromatic N) is 1. The number of aliphatic hydroxyl groups is 1. The van der Waals surface area contributed by atoms with Crippen LogP contribution >= 0.6 is 0 Å². The molecule has 0 saturated carbocycles. The number of benzene rings is 2. The number of hydrogen-bond acceptors (Lipinski definition) is 3. The molecule has 0 heterocycles. The van der Waals surface area contributed by atoms with Crippen molar-refractivity contribution in [2.75, 3.05) is 13.7 Å². The van der Waals surface area contributed by atoms with Gasteiger partial charge in [-0.3, -0.25) is 0 Å². The van der Waals surface area contributed by atoms with Crippen LogP contribution in [0.2, 0.25) is 0 Å². The molecule has 25 heavy (non-hydrogen) atoms. The number of likely N-dealkylation sites (N-methyl/N-ethyl adjacent to an activating group) is 1. The van der Waals surface area contributed by atoms with Crippen molar-refractivity contribution in [1.29, 1.82) is 0 Å². The van der Waals surface area contributed by atoms with Crippen LogP contribution in [-0.4, -0.2) is 41.4 Å². The Morgan fingerprint density at radius 1 is 1.00 bits per heavy atom. The van der Waals surface area contributed by atoms with Gasteiger partial charge in [-0.1, -0.05) is 60.7 Å². The van der Waals surface area contributed by atoms with Gasteiger partial charge in [0.15, 0.2) is 0 Å². The van der Waals surface area contributed by atoms with E-state index in [2.05, 4.69) is 0 Å². The molecule has 0 aliphatic rings. The maximum atomic E-state index is 12.5. The van der Waals surface area contributed by atoms with E-state index in [0.717, 1.165) is 11.1 Å². The summed E-state index contributed by atoms with van der Waals surface area (Å²) in [5, 5.41) is 10.1. The van der Waals surface area contributed by atoms with Gasteiger partial charge in [0.25, 0.3) is 0 Å². The number of hydrogen-bond donors (Lipinski definition) is 1. The number of carbonyl (C=O) groups is 1. The van der Waals surface area contributed by atoms with Crippen molar-refractivity contribution in [3.8, 4) is 0 Å². The molecule has 2 rings (SSSR count). The lowest BCUT2D eigenvalue weighted by Crippen LogP contribution is -2.46. The highest BCUT2D eigenvalue weighted by molar-refractivity contribution is 5.68. The van der Waals surface area contributed by atoms with Crippen molar-refractivity contribution in [2.45, 2.75) is 38.3 Å². The number of aliphatic hydroxyl groups excluding tert-OH is 1. The van der Waals surface area contributed by atoms with E-state index in [1.165, 1.54) is 4.90 Å². The van der Waals surface area contributed by atoms with Gasteiger partial charge < -0.3 is 14.7 Å². The second-order valence-corrected chi connectivity index (χ2v) is 7.14. The van der Waals surface area contributed by atoms with Crippen LogP contribution in [-0.2, 0) is 4.74 Å². The predicted octanol–water partition coefficient (Wildman–Crippen LogP) is 4.05. The normalized spacial score (nSPS) is 12.7. The molecule has 2 aromatic carbocycles. The van der Waals surface area contributed by atoms with E-state index in [1.54, 1.807) is 7.05 Å². The zero-order chi connectivity index (χ0) is 18.4. The third-order valence-electron chi connectivity index (χ3n) is 4.07. The molecule has 0 spiro atoms. The summed E-state index contributed by atoms with van der Waals surface area (Å²) in [7, 11) is 1.67. The molecule has 0 aliphatic carbocycles. The molecule has 134 valence electrons. The SMILES string of the molecule is CN(C(=O)OC(C)(C)C)C(CO)C(c1ccccc1)c1ccccc1. The first kappa shape index (κ1) is 19.0. The van der Waals surface area contributed by atoms with Crippen molar-refractivity contribution < 1.29 is 14.6 Å². The van der Waals surface area contributed by atoms with Gasteiger partial charge in [0.1, 0.15) is 5.60 Å². The van der Waals surface area contributed by atoms with Crippen molar-refractivity contribution in [3.05, 3.63) is 71.8 Å². The molecule has 0 radical (unpaired) electrons. The molecule has 4 heteroatoms. The molecule has 0 aliphatic heterocycles. The number of carbonyl (C=O) groups excluding carboxylic acids is 1. The summed E-state index contributed by atoms with van der Waals surface area (Å²) in [5.41, 5.74) is 1.51. The smallest absolute Gasteiger partial charge is 0.410 e. The fraction of sp³-hybridized carbons (Fsp3) is 0.381. The summed E-state index contributed by atoms with van der Waals surface area (Å²) in [6.07, 6.45) is -0.441. The van der Waals surface area contributed by atoms with Gasteiger partial charge in [-0.2, -0.15) is 0 Å². The maximum Gasteiger partial charge on any atom is 0.410 e. The third-order valence-corrected chi connectivity index (χ3v) is 4.07. The van der Waals surface area contributed by atoms with Crippen LogP contribution in [0.15, 0.2) is 60.7 Å². The topological polar surface area (TPSA) is 49.8 Å². The highest BCUT2D eigenvalue weighted by Crippen LogP contribution is 2.31. The minimum absolute atomic E-state index is 0.148. The van der Waals surface area contributed by atoms with Gasteiger partial charge >= 0.3 is 6.09 Å². The quantitative estimate of drug-likeness (QED) is 0.893. The first-order valence-electron chi connectivity index (χ1n) is 8.50. The third kappa shape index (κ3) is 5.07. The Hall–Kier alpha value is -2.33. The Labute approximate surface area is 150 Å². The zero-order valence-electron chi connectivity index (χ0n) is 15.3. The van der Waals surface area contributed by atoms with Gasteiger partial charge in [-0.15, -0.1) is 0 Å². The second kappa shape index (κ2) is 8.17. The molecule has 0 saturated heterocycles. The Bertz CT molecular complexity index is 625. The van der Waals surface area contributed by atoms with Crippen LogP contribution in [0.1, 0.15) is 37.8 Å². The molecule has 1 N–H and O–H groups in total. The van der Waals surface area contributed by atoms with Crippen LogP contribution < -0.4 is 0 Å². The summed E-state index contributed by atoms with van der Waals surface area (Å²) in [6.45, 7) is 5.33. The molecule has 1 atom stereocenters. The minimum atomic E-state index is -0.583. The van der Waals surface area contributed by atoms with Gasteiger partial charge in [-0.25, -0.2) is 4.79 Å². The van der Waals surface area contributed by atoms with E-state index in [9.17, 15) is 9.90 Å². The molecular weight excluding hydrogens is 314 g/mol. The number of amides is 1. The van der Waals surface area contributed by atoms with E-state index >= 15 is 0 Å². The fourth-order valence-electron chi connectivity index (χ4n) is 2.88. The van der Waals surface area contributed by atoms with E-state index in [4.69, 9.17) is 4.74 Å². The summed E-state index contributed by atoms with van der Waals surface area (Å²) in [4.78, 5) is 14.0. The van der Waals surface area contributed by atoms with E-state index in [-0.39, 0.29) is 12.5 Å². The summed E-state index contributed by atoms with van der Waals surface area (Å²) in [6, 6.07) is 19.4. The lowest BCUT2D eigenvalue weighted by Gasteiger charge is -2.35. The fourth-order valence-corrected chi connectivity index (χ4v) is 2.88. The van der Waals surface area contributed by atoms with Crippen molar-refractivity contribution in [3.63, 3.8) is 0 Å². The second-order valence-electron chi connectivity index (χ2n) is 7.14. The van der Waals surface area contributed by atoms with Gasteiger partial charge in [0, 0.05) is 13.0 Å². The van der Waals surface area contributed by atoms with Crippen molar-refractivity contribution >= 4 is 6.09 Å².